The van der Waals surface area contributed by atoms with Gasteiger partial charge in [-0.2, -0.15) is 12.6 Å². The molecule has 1 aromatic heterocycles. The fraction of sp³-hybridized carbons (Fsp3) is 0.583. The van der Waals surface area contributed by atoms with E-state index in [1.165, 1.54) is 12.8 Å². The lowest BCUT2D eigenvalue weighted by Gasteiger charge is -2.10. The molecule has 0 atom stereocenters. The smallest absolute Gasteiger partial charge is 0.254 e. The molecule has 0 fully saturated rings. The molecule has 0 saturated heterocycles. The van der Waals surface area contributed by atoms with Crippen LogP contribution in [0, 0.1) is 6.92 Å². The molecule has 0 N–H and O–H groups in total. The molecule has 0 aliphatic carbocycles. The van der Waals surface area contributed by atoms with Crippen LogP contribution in [0.15, 0.2) is 16.9 Å². The van der Waals surface area contributed by atoms with Crippen molar-refractivity contribution in [2.75, 3.05) is 0 Å². The molecular weight excluding hydrogens is 206 g/mol. The van der Waals surface area contributed by atoms with Crippen molar-refractivity contribution in [3.05, 3.63) is 33.7 Å². The van der Waals surface area contributed by atoms with E-state index in [1.54, 1.807) is 0 Å². The van der Waals surface area contributed by atoms with E-state index < -0.39 is 0 Å². The standard InChI is InChI=1S/C12H19NOS/c1-3-4-5-8-13-10(2)6-7-11(9-15)12(13)14/h6-7,15H,3-5,8-9H2,1-2H3. The second kappa shape index (κ2) is 6.01. The summed E-state index contributed by atoms with van der Waals surface area (Å²) in [7, 11) is 0. The normalized spacial score (nSPS) is 10.6. The highest BCUT2D eigenvalue weighted by Crippen LogP contribution is 2.04. The van der Waals surface area contributed by atoms with Crippen LogP contribution >= 0.6 is 12.6 Å². The number of unbranched alkanes of at least 4 members (excludes halogenated alkanes) is 2. The van der Waals surface area contributed by atoms with Crippen LogP contribution in [-0.4, -0.2) is 4.57 Å². The van der Waals surface area contributed by atoms with Crippen molar-refractivity contribution >= 4 is 12.6 Å². The molecule has 0 aromatic carbocycles. The summed E-state index contributed by atoms with van der Waals surface area (Å²) < 4.78 is 1.86. The fourth-order valence-electron chi connectivity index (χ4n) is 1.63. The second-order valence-electron chi connectivity index (χ2n) is 3.82. The van der Waals surface area contributed by atoms with Crippen LogP contribution in [0.2, 0.25) is 0 Å². The van der Waals surface area contributed by atoms with Crippen LogP contribution in [0.5, 0.6) is 0 Å². The lowest BCUT2D eigenvalue weighted by Crippen LogP contribution is -2.25. The van der Waals surface area contributed by atoms with Crippen molar-refractivity contribution < 1.29 is 0 Å². The van der Waals surface area contributed by atoms with E-state index in [-0.39, 0.29) is 5.56 Å². The zero-order valence-corrected chi connectivity index (χ0v) is 10.4. The first-order valence-corrected chi connectivity index (χ1v) is 6.14. The number of nitrogens with zero attached hydrogens (tertiary/aromatic N) is 1. The highest BCUT2D eigenvalue weighted by Gasteiger charge is 2.04. The van der Waals surface area contributed by atoms with Crippen molar-refractivity contribution in [2.45, 2.75) is 45.4 Å². The van der Waals surface area contributed by atoms with Gasteiger partial charge in [-0.1, -0.05) is 25.8 Å². The van der Waals surface area contributed by atoms with Crippen molar-refractivity contribution in [2.24, 2.45) is 0 Å². The first kappa shape index (κ1) is 12.4. The van der Waals surface area contributed by atoms with Gasteiger partial charge in [-0.15, -0.1) is 0 Å². The van der Waals surface area contributed by atoms with Crippen molar-refractivity contribution in [1.82, 2.24) is 4.57 Å². The molecule has 3 heteroatoms. The van der Waals surface area contributed by atoms with E-state index in [9.17, 15) is 4.79 Å². The SMILES string of the molecule is CCCCCn1c(C)ccc(CS)c1=O. The summed E-state index contributed by atoms with van der Waals surface area (Å²) in [4.78, 5) is 11.9. The van der Waals surface area contributed by atoms with Gasteiger partial charge in [-0.05, 0) is 19.4 Å². The van der Waals surface area contributed by atoms with Crippen LogP contribution in [0.25, 0.3) is 0 Å². The van der Waals surface area contributed by atoms with Crippen LogP contribution in [0.3, 0.4) is 0 Å². The van der Waals surface area contributed by atoms with Crippen LogP contribution in [0.4, 0.5) is 0 Å². The molecule has 0 radical (unpaired) electrons. The highest BCUT2D eigenvalue weighted by atomic mass is 32.1. The zero-order valence-electron chi connectivity index (χ0n) is 9.49. The van der Waals surface area contributed by atoms with E-state index in [1.807, 2.05) is 23.6 Å². The molecule has 0 spiro atoms. The van der Waals surface area contributed by atoms with E-state index in [0.29, 0.717) is 5.75 Å². The first-order chi connectivity index (χ1) is 7.20. The predicted molar refractivity (Wildman–Crippen MR) is 67.7 cm³/mol. The summed E-state index contributed by atoms with van der Waals surface area (Å²) in [5.74, 6) is 0.521. The molecule has 0 bridgehead atoms. The Morgan fingerprint density at radius 2 is 2.07 bits per heavy atom. The third-order valence-electron chi connectivity index (χ3n) is 2.63. The third kappa shape index (κ3) is 3.13. The molecule has 1 heterocycles. The Kier molecular flexibility index (Phi) is 4.95. The molecule has 0 amide bonds. The van der Waals surface area contributed by atoms with Gasteiger partial charge in [0.15, 0.2) is 0 Å². The van der Waals surface area contributed by atoms with Crippen molar-refractivity contribution in [1.29, 1.82) is 0 Å². The minimum Gasteiger partial charge on any atom is -0.313 e. The highest BCUT2D eigenvalue weighted by molar-refractivity contribution is 7.79. The maximum atomic E-state index is 11.9. The number of aromatic nitrogens is 1. The van der Waals surface area contributed by atoms with Crippen molar-refractivity contribution in [3.8, 4) is 0 Å². The minimum absolute atomic E-state index is 0.126. The number of hydrogen-bond donors (Lipinski definition) is 1. The lowest BCUT2D eigenvalue weighted by atomic mass is 10.2. The Labute approximate surface area is 96.7 Å². The summed E-state index contributed by atoms with van der Waals surface area (Å²) in [6, 6.07) is 3.87. The molecule has 0 aliphatic heterocycles. The van der Waals surface area contributed by atoms with Gasteiger partial charge in [-0.3, -0.25) is 4.79 Å². The van der Waals surface area contributed by atoms with Gasteiger partial charge in [0.25, 0.3) is 5.56 Å². The summed E-state index contributed by atoms with van der Waals surface area (Å²) in [5.41, 5.74) is 1.96. The molecule has 84 valence electrons. The molecular formula is C12H19NOS. The summed E-state index contributed by atoms with van der Waals surface area (Å²) in [6.07, 6.45) is 3.43. The third-order valence-corrected chi connectivity index (χ3v) is 2.97. The van der Waals surface area contributed by atoms with Gasteiger partial charge in [-0.25, -0.2) is 0 Å². The molecule has 1 rings (SSSR count). The quantitative estimate of drug-likeness (QED) is 0.604. The monoisotopic (exact) mass is 225 g/mol. The maximum absolute atomic E-state index is 11.9. The number of pyridine rings is 1. The second-order valence-corrected chi connectivity index (χ2v) is 4.14. The predicted octanol–water partition coefficient (Wildman–Crippen LogP) is 2.78. The fourth-order valence-corrected chi connectivity index (χ4v) is 1.87. The Balaban J connectivity index is 2.89. The van der Waals surface area contributed by atoms with Gasteiger partial charge in [0, 0.05) is 23.6 Å². The van der Waals surface area contributed by atoms with Crippen LogP contribution < -0.4 is 5.56 Å². The molecule has 0 saturated carbocycles. The van der Waals surface area contributed by atoms with E-state index in [0.717, 1.165) is 24.2 Å². The van der Waals surface area contributed by atoms with Crippen LogP contribution in [0.1, 0.15) is 37.4 Å². The zero-order chi connectivity index (χ0) is 11.3. The number of hydrogen-bond acceptors (Lipinski definition) is 2. The molecule has 1 aromatic rings. The Morgan fingerprint density at radius 3 is 2.67 bits per heavy atom. The number of rotatable bonds is 5. The Bertz CT molecular complexity index is 370. The van der Waals surface area contributed by atoms with Gasteiger partial charge in [0.1, 0.15) is 0 Å². The summed E-state index contributed by atoms with van der Waals surface area (Å²) >= 11 is 4.16. The Morgan fingerprint density at radius 1 is 1.33 bits per heavy atom. The lowest BCUT2D eigenvalue weighted by molar-refractivity contribution is 0.574. The molecule has 0 unspecified atom stereocenters. The van der Waals surface area contributed by atoms with Crippen molar-refractivity contribution in [3.63, 3.8) is 0 Å². The van der Waals surface area contributed by atoms with Gasteiger partial charge in [0.2, 0.25) is 0 Å². The Hall–Kier alpha value is -0.700. The van der Waals surface area contributed by atoms with Crippen LogP contribution in [-0.2, 0) is 12.3 Å². The van der Waals surface area contributed by atoms with E-state index in [2.05, 4.69) is 19.6 Å². The topological polar surface area (TPSA) is 22.0 Å². The molecule has 0 aliphatic rings. The van der Waals surface area contributed by atoms with E-state index >= 15 is 0 Å². The maximum Gasteiger partial charge on any atom is 0.254 e. The van der Waals surface area contributed by atoms with Gasteiger partial charge in [0.05, 0.1) is 0 Å². The number of thiol groups is 1. The van der Waals surface area contributed by atoms with E-state index in [4.69, 9.17) is 0 Å². The molecule has 15 heavy (non-hydrogen) atoms. The molecule has 2 nitrogen and oxygen atoms in total. The van der Waals surface area contributed by atoms with Gasteiger partial charge >= 0.3 is 0 Å². The average molecular weight is 225 g/mol. The largest absolute Gasteiger partial charge is 0.313 e. The minimum atomic E-state index is 0.126. The summed E-state index contributed by atoms with van der Waals surface area (Å²) in [5, 5.41) is 0. The summed E-state index contributed by atoms with van der Waals surface area (Å²) in [6.45, 7) is 4.98. The average Bonchev–Trinajstić information content (AvgIpc) is 2.23. The van der Waals surface area contributed by atoms with Gasteiger partial charge < -0.3 is 4.57 Å². The number of aryl methyl sites for hydroxylation is 1. The first-order valence-electron chi connectivity index (χ1n) is 5.51.